The maximum absolute atomic E-state index is 10.4. The van der Waals surface area contributed by atoms with E-state index in [0.717, 1.165) is 0 Å². The molecule has 0 spiro atoms. The van der Waals surface area contributed by atoms with Gasteiger partial charge in [0.2, 0.25) is 0 Å². The van der Waals surface area contributed by atoms with E-state index >= 15 is 0 Å². The molecule has 56 valence electrons. The van der Waals surface area contributed by atoms with Crippen molar-refractivity contribution in [2.45, 2.75) is 6.92 Å². The second-order valence-electron chi connectivity index (χ2n) is 1.57. The summed E-state index contributed by atoms with van der Waals surface area (Å²) in [6.07, 6.45) is 2.38. The van der Waals surface area contributed by atoms with Crippen LogP contribution in [0.2, 0.25) is 0 Å². The first-order valence-corrected chi connectivity index (χ1v) is 2.76. The lowest BCUT2D eigenvalue weighted by Crippen LogP contribution is -2.01. The molecule has 0 saturated carbocycles. The summed E-state index contributed by atoms with van der Waals surface area (Å²) < 4.78 is 8.80. The molecular weight excluding hydrogens is 132 g/mol. The van der Waals surface area contributed by atoms with Crippen LogP contribution in [0.4, 0.5) is 4.79 Å². The van der Waals surface area contributed by atoms with Crippen LogP contribution in [0.3, 0.4) is 0 Å². The van der Waals surface area contributed by atoms with Crippen LogP contribution in [-0.2, 0) is 9.47 Å². The molecule has 0 N–H and O–H groups in total. The van der Waals surface area contributed by atoms with Crippen molar-refractivity contribution in [1.29, 1.82) is 0 Å². The van der Waals surface area contributed by atoms with Crippen molar-refractivity contribution in [3.63, 3.8) is 0 Å². The number of hydrogen-bond donors (Lipinski definition) is 0. The summed E-state index contributed by atoms with van der Waals surface area (Å²) in [7, 11) is 1.25. The van der Waals surface area contributed by atoms with Crippen molar-refractivity contribution in [3.05, 3.63) is 24.5 Å². The fraction of sp³-hybridized carbons (Fsp3) is 0.286. The monoisotopic (exact) mass is 142 g/mol. The van der Waals surface area contributed by atoms with Gasteiger partial charge in [-0.15, -0.1) is 0 Å². The van der Waals surface area contributed by atoms with Crippen LogP contribution in [0.5, 0.6) is 0 Å². The predicted octanol–water partition coefficient (Wildman–Crippen LogP) is 1.86. The highest BCUT2D eigenvalue weighted by molar-refractivity contribution is 5.61. The van der Waals surface area contributed by atoms with Crippen LogP contribution in [-0.4, -0.2) is 13.3 Å². The Morgan fingerprint density at radius 3 is 2.60 bits per heavy atom. The highest BCUT2D eigenvalue weighted by Crippen LogP contribution is 1.96. The van der Waals surface area contributed by atoms with Crippen LogP contribution < -0.4 is 0 Å². The Labute approximate surface area is 59.9 Å². The van der Waals surface area contributed by atoms with Gasteiger partial charge in [-0.1, -0.05) is 12.7 Å². The van der Waals surface area contributed by atoms with Gasteiger partial charge in [-0.25, -0.2) is 4.79 Å². The number of hydrogen-bond acceptors (Lipinski definition) is 3. The van der Waals surface area contributed by atoms with Gasteiger partial charge in [-0.2, -0.15) is 0 Å². The highest BCUT2D eigenvalue weighted by atomic mass is 16.7. The number of allylic oxidation sites excluding steroid dienone is 3. The number of rotatable bonds is 2. The van der Waals surface area contributed by atoms with Crippen LogP contribution in [0.25, 0.3) is 0 Å². The molecule has 0 saturated heterocycles. The second kappa shape index (κ2) is 4.61. The summed E-state index contributed by atoms with van der Waals surface area (Å²) in [5.74, 6) is 0.460. The average Bonchev–Trinajstić information content (AvgIpc) is 1.88. The standard InChI is InChI=1S/C7H10O3/c1-4-5-6(2)10-7(8)9-3/h4-5H,1H2,2-3H3/b6-5-. The number of carbonyl (C=O) groups is 1. The molecule has 0 aliphatic heterocycles. The third kappa shape index (κ3) is 3.72. The van der Waals surface area contributed by atoms with E-state index in [1.165, 1.54) is 13.2 Å². The molecular formula is C7H10O3. The zero-order valence-corrected chi connectivity index (χ0v) is 6.09. The van der Waals surface area contributed by atoms with E-state index in [1.807, 2.05) is 0 Å². The smallest absolute Gasteiger partial charge is 0.437 e. The van der Waals surface area contributed by atoms with Crippen LogP contribution in [0.1, 0.15) is 6.92 Å². The van der Waals surface area contributed by atoms with E-state index < -0.39 is 6.16 Å². The Hall–Kier alpha value is -1.25. The fourth-order valence-electron chi connectivity index (χ4n) is 0.373. The number of methoxy groups -OCH3 is 1. The van der Waals surface area contributed by atoms with E-state index in [4.69, 9.17) is 0 Å². The topological polar surface area (TPSA) is 35.5 Å². The second-order valence-corrected chi connectivity index (χ2v) is 1.57. The van der Waals surface area contributed by atoms with Crippen LogP contribution >= 0.6 is 0 Å². The zero-order chi connectivity index (χ0) is 7.98. The molecule has 0 aliphatic carbocycles. The summed E-state index contributed by atoms with van der Waals surface area (Å²) in [5, 5.41) is 0. The lowest BCUT2D eigenvalue weighted by Gasteiger charge is -1.99. The first kappa shape index (κ1) is 8.75. The summed E-state index contributed by atoms with van der Waals surface area (Å²) >= 11 is 0. The van der Waals surface area contributed by atoms with E-state index in [1.54, 1.807) is 13.0 Å². The van der Waals surface area contributed by atoms with Crippen molar-refractivity contribution in [2.75, 3.05) is 7.11 Å². The van der Waals surface area contributed by atoms with Gasteiger partial charge in [-0.05, 0) is 13.0 Å². The predicted molar refractivity (Wildman–Crippen MR) is 37.4 cm³/mol. The quantitative estimate of drug-likeness (QED) is 0.335. The Morgan fingerprint density at radius 2 is 2.20 bits per heavy atom. The molecule has 10 heavy (non-hydrogen) atoms. The van der Waals surface area contributed by atoms with E-state index in [0.29, 0.717) is 5.76 Å². The molecule has 0 atom stereocenters. The minimum absolute atomic E-state index is 0.460. The maximum Gasteiger partial charge on any atom is 0.513 e. The summed E-state index contributed by atoms with van der Waals surface area (Å²) in [6, 6.07) is 0. The van der Waals surface area contributed by atoms with E-state index in [9.17, 15) is 4.79 Å². The van der Waals surface area contributed by atoms with Gasteiger partial charge in [0.1, 0.15) is 5.76 Å². The molecule has 0 fully saturated rings. The van der Waals surface area contributed by atoms with Crippen molar-refractivity contribution in [2.24, 2.45) is 0 Å². The minimum atomic E-state index is -0.712. The van der Waals surface area contributed by atoms with Crippen molar-refractivity contribution in [3.8, 4) is 0 Å². The molecule has 0 radical (unpaired) electrons. The molecule has 0 aromatic rings. The zero-order valence-electron chi connectivity index (χ0n) is 6.09. The molecule has 0 bridgehead atoms. The fourth-order valence-corrected chi connectivity index (χ4v) is 0.373. The lowest BCUT2D eigenvalue weighted by atomic mass is 10.5. The number of ether oxygens (including phenoxy) is 2. The normalized spacial score (nSPS) is 10.4. The molecule has 0 rings (SSSR count). The Kier molecular flexibility index (Phi) is 4.04. The lowest BCUT2D eigenvalue weighted by molar-refractivity contribution is 0.0975. The van der Waals surface area contributed by atoms with Crippen molar-refractivity contribution >= 4 is 6.16 Å². The maximum atomic E-state index is 10.4. The van der Waals surface area contributed by atoms with Gasteiger partial charge in [0.25, 0.3) is 0 Å². The molecule has 0 aromatic heterocycles. The Bertz CT molecular complexity index is 158. The van der Waals surface area contributed by atoms with Gasteiger partial charge in [0.15, 0.2) is 0 Å². The first-order chi connectivity index (χ1) is 4.70. The van der Waals surface area contributed by atoms with Gasteiger partial charge >= 0.3 is 6.16 Å². The largest absolute Gasteiger partial charge is 0.513 e. The van der Waals surface area contributed by atoms with Crippen LogP contribution in [0, 0.1) is 0 Å². The molecule has 3 heteroatoms. The Balaban J connectivity index is 3.78. The Morgan fingerprint density at radius 1 is 1.60 bits per heavy atom. The molecule has 3 nitrogen and oxygen atoms in total. The highest BCUT2D eigenvalue weighted by Gasteiger charge is 1.99. The average molecular weight is 142 g/mol. The van der Waals surface area contributed by atoms with E-state index in [2.05, 4.69) is 16.1 Å². The molecule has 0 aromatic carbocycles. The third-order valence-corrected chi connectivity index (χ3v) is 0.764. The molecule has 0 unspecified atom stereocenters. The minimum Gasteiger partial charge on any atom is -0.437 e. The van der Waals surface area contributed by atoms with Gasteiger partial charge in [-0.3, -0.25) is 0 Å². The van der Waals surface area contributed by atoms with E-state index in [-0.39, 0.29) is 0 Å². The van der Waals surface area contributed by atoms with Gasteiger partial charge < -0.3 is 9.47 Å². The first-order valence-electron chi connectivity index (χ1n) is 2.76. The van der Waals surface area contributed by atoms with Gasteiger partial charge in [0.05, 0.1) is 7.11 Å². The molecule has 0 amide bonds. The summed E-state index contributed by atoms with van der Waals surface area (Å²) in [4.78, 5) is 10.4. The molecule has 0 heterocycles. The summed E-state index contributed by atoms with van der Waals surface area (Å²) in [5.41, 5.74) is 0. The van der Waals surface area contributed by atoms with Crippen LogP contribution in [0.15, 0.2) is 24.5 Å². The third-order valence-electron chi connectivity index (χ3n) is 0.764. The molecule has 0 aliphatic rings. The van der Waals surface area contributed by atoms with Crippen molar-refractivity contribution in [1.82, 2.24) is 0 Å². The SMILES string of the molecule is C=C/C=C(/C)OC(=O)OC. The number of carbonyl (C=O) groups excluding carboxylic acids is 1. The summed E-state index contributed by atoms with van der Waals surface area (Å²) in [6.45, 7) is 5.06. The van der Waals surface area contributed by atoms with Gasteiger partial charge in [0, 0.05) is 0 Å². The van der Waals surface area contributed by atoms with Crippen molar-refractivity contribution < 1.29 is 14.3 Å².